The minimum absolute atomic E-state index is 0. The summed E-state index contributed by atoms with van der Waals surface area (Å²) >= 11 is 0. The number of hydrogen-bond acceptors (Lipinski definition) is 4. The molecule has 0 heterocycles. The molecule has 2 atom stereocenters. The predicted octanol–water partition coefficient (Wildman–Crippen LogP) is -2.77. The molecule has 0 aromatic heterocycles. The summed E-state index contributed by atoms with van der Waals surface area (Å²) in [5, 5.41) is 32.5. The quantitative estimate of drug-likeness (QED) is 0.398. The Morgan fingerprint density at radius 2 is 1.08 bits per heavy atom. The maximum atomic E-state index is 9.77. The van der Waals surface area contributed by atoms with Crippen molar-refractivity contribution in [3.63, 3.8) is 0 Å². The van der Waals surface area contributed by atoms with E-state index in [2.05, 4.69) is 0 Å². The first-order valence-corrected chi connectivity index (χ1v) is 2.28. The number of aliphatic hydroxyl groups excluding tert-OH is 2. The zero-order chi connectivity index (χ0) is 8.31. The fourth-order valence-electron chi connectivity index (χ4n) is 0.270. The Morgan fingerprint density at radius 3 is 1.17 bits per heavy atom. The summed E-state index contributed by atoms with van der Waals surface area (Å²) < 4.78 is 0. The monoisotopic (exact) mass is 242 g/mol. The second-order valence-electron chi connectivity index (χ2n) is 1.57. The SMILES string of the molecule is O=C(O)C(O)C(O)C(=O)O.[Cr].[KH]. The molecule has 0 saturated heterocycles. The summed E-state index contributed by atoms with van der Waals surface area (Å²) in [7, 11) is 0. The summed E-state index contributed by atoms with van der Waals surface area (Å²) in [6.07, 6.45) is -4.53. The number of rotatable bonds is 3. The van der Waals surface area contributed by atoms with Crippen LogP contribution in [0.25, 0.3) is 0 Å². The van der Waals surface area contributed by atoms with Crippen LogP contribution in [0.5, 0.6) is 0 Å². The van der Waals surface area contributed by atoms with Gasteiger partial charge < -0.3 is 20.4 Å². The second-order valence-corrected chi connectivity index (χ2v) is 1.57. The Kier molecular flexibility index (Phi) is 13.5. The molecule has 0 spiro atoms. The molecule has 0 rings (SSSR count). The minimum atomic E-state index is -2.27. The molecule has 0 fully saturated rings. The van der Waals surface area contributed by atoms with Gasteiger partial charge in [0.2, 0.25) is 0 Å². The molecule has 0 aromatic rings. The van der Waals surface area contributed by atoms with Crippen LogP contribution in [-0.4, -0.2) is 96.0 Å². The van der Waals surface area contributed by atoms with Crippen LogP contribution < -0.4 is 0 Å². The van der Waals surface area contributed by atoms with Gasteiger partial charge in [-0.05, 0) is 0 Å². The summed E-state index contributed by atoms with van der Waals surface area (Å²) in [6.45, 7) is 0. The van der Waals surface area contributed by atoms with Gasteiger partial charge in [-0.1, -0.05) is 0 Å². The van der Waals surface area contributed by atoms with Gasteiger partial charge >= 0.3 is 63.3 Å². The Hall–Kier alpha value is 1.03. The Labute approximate surface area is 121 Å². The molecule has 0 bridgehead atoms. The van der Waals surface area contributed by atoms with Crippen molar-refractivity contribution in [2.45, 2.75) is 12.2 Å². The zero-order valence-corrected chi connectivity index (χ0v) is 6.44. The van der Waals surface area contributed by atoms with E-state index >= 15 is 0 Å². The van der Waals surface area contributed by atoms with Crippen LogP contribution in [0.1, 0.15) is 0 Å². The number of aliphatic hydroxyl groups is 2. The maximum absolute atomic E-state index is 9.77. The van der Waals surface area contributed by atoms with Crippen molar-refractivity contribution in [3.05, 3.63) is 0 Å². The van der Waals surface area contributed by atoms with Crippen molar-refractivity contribution in [3.8, 4) is 0 Å². The number of aliphatic carboxylic acids is 2. The molecule has 4 N–H and O–H groups in total. The van der Waals surface area contributed by atoms with Gasteiger partial charge in [0, 0.05) is 17.4 Å². The zero-order valence-electron chi connectivity index (χ0n) is 5.17. The average Bonchev–Trinajstić information content (AvgIpc) is 1.84. The molecule has 8 heteroatoms. The van der Waals surface area contributed by atoms with E-state index in [0.717, 1.165) is 0 Å². The van der Waals surface area contributed by atoms with Gasteiger partial charge in [0.15, 0.2) is 12.2 Å². The summed E-state index contributed by atoms with van der Waals surface area (Å²) in [5.74, 6) is -3.54. The van der Waals surface area contributed by atoms with Gasteiger partial charge in [-0.2, -0.15) is 0 Å². The van der Waals surface area contributed by atoms with Crippen molar-refractivity contribution in [1.82, 2.24) is 0 Å². The molecule has 0 amide bonds. The number of carboxylic acid groups (broad SMARTS) is 2. The molecule has 0 saturated carbocycles. The molecule has 2 unspecified atom stereocenters. The van der Waals surface area contributed by atoms with Crippen molar-refractivity contribution >= 4 is 63.3 Å². The third-order valence-corrected chi connectivity index (χ3v) is 0.805. The van der Waals surface area contributed by atoms with Crippen molar-refractivity contribution in [2.24, 2.45) is 0 Å². The van der Waals surface area contributed by atoms with Gasteiger partial charge in [0.1, 0.15) is 0 Å². The van der Waals surface area contributed by atoms with E-state index in [1.165, 1.54) is 0 Å². The van der Waals surface area contributed by atoms with E-state index in [1.807, 2.05) is 0 Å². The first kappa shape index (κ1) is 18.7. The second kappa shape index (κ2) is 8.62. The van der Waals surface area contributed by atoms with Crippen LogP contribution in [0.4, 0.5) is 0 Å². The molecule has 6 nitrogen and oxygen atoms in total. The van der Waals surface area contributed by atoms with E-state index in [1.54, 1.807) is 0 Å². The number of carbonyl (C=O) groups is 2. The van der Waals surface area contributed by atoms with Crippen LogP contribution in [0.2, 0.25) is 0 Å². The van der Waals surface area contributed by atoms with Crippen LogP contribution in [-0.2, 0) is 27.0 Å². The standard InChI is InChI=1S/C4H6O6.Cr.K.H/c5-1(3(7)8)2(6)4(9)10;;;/h1-2,5-6H,(H,7,8)(H,9,10);;;. The topological polar surface area (TPSA) is 115 Å². The predicted molar refractivity (Wildman–Crippen MR) is 34.4 cm³/mol. The van der Waals surface area contributed by atoms with Crippen molar-refractivity contribution in [2.75, 3.05) is 0 Å². The fourth-order valence-corrected chi connectivity index (χ4v) is 0.270. The molecule has 0 aromatic carbocycles. The van der Waals surface area contributed by atoms with Crippen LogP contribution >= 0.6 is 0 Å². The van der Waals surface area contributed by atoms with Gasteiger partial charge in [-0.25, -0.2) is 9.59 Å². The van der Waals surface area contributed by atoms with Gasteiger partial charge in [-0.15, -0.1) is 0 Å². The number of carboxylic acids is 2. The molecule has 0 radical (unpaired) electrons. The normalized spacial score (nSPS) is 13.2. The van der Waals surface area contributed by atoms with Gasteiger partial charge in [-0.3, -0.25) is 0 Å². The van der Waals surface area contributed by atoms with Crippen LogP contribution in [0.15, 0.2) is 0 Å². The molecule has 12 heavy (non-hydrogen) atoms. The third kappa shape index (κ3) is 6.53. The molecule has 0 aliphatic heterocycles. The summed E-state index contributed by atoms with van der Waals surface area (Å²) in [4.78, 5) is 19.5. The molecule has 0 aliphatic rings. The summed E-state index contributed by atoms with van der Waals surface area (Å²) in [6, 6.07) is 0. The van der Waals surface area contributed by atoms with Gasteiger partial charge in [0.25, 0.3) is 0 Å². The van der Waals surface area contributed by atoms with E-state index in [4.69, 9.17) is 20.4 Å². The van der Waals surface area contributed by atoms with Crippen LogP contribution in [0, 0.1) is 0 Å². The van der Waals surface area contributed by atoms with E-state index < -0.39 is 24.1 Å². The number of hydrogen-bond donors (Lipinski definition) is 4. The van der Waals surface area contributed by atoms with E-state index in [9.17, 15) is 9.59 Å². The van der Waals surface area contributed by atoms with Crippen molar-refractivity contribution < 1.29 is 47.4 Å². The van der Waals surface area contributed by atoms with E-state index in [0.29, 0.717) is 0 Å². The first-order chi connectivity index (χ1) is 4.46. The fraction of sp³-hybridized carbons (Fsp3) is 0.500. The Morgan fingerprint density at radius 1 is 0.917 bits per heavy atom. The molecular weight excluding hydrogens is 235 g/mol. The van der Waals surface area contributed by atoms with Crippen LogP contribution in [0.3, 0.4) is 0 Å². The average molecular weight is 242 g/mol. The third-order valence-electron chi connectivity index (χ3n) is 0.805. The molecule has 66 valence electrons. The van der Waals surface area contributed by atoms with Crippen molar-refractivity contribution in [1.29, 1.82) is 0 Å². The summed E-state index contributed by atoms with van der Waals surface area (Å²) in [5.41, 5.74) is 0. The first-order valence-electron chi connectivity index (χ1n) is 2.28. The van der Waals surface area contributed by atoms with Gasteiger partial charge in [0.05, 0.1) is 0 Å². The molecular formula is C4H7CrKO6. The Bertz CT molecular complexity index is 144. The molecule has 0 aliphatic carbocycles. The Balaban J connectivity index is -0.000000405. The van der Waals surface area contributed by atoms with E-state index in [-0.39, 0.29) is 68.7 Å².